The van der Waals surface area contributed by atoms with E-state index < -0.39 is 0 Å². The van der Waals surface area contributed by atoms with E-state index in [1.807, 2.05) is 12.1 Å². The Bertz CT molecular complexity index is 9920. The Morgan fingerprint density at radius 3 is 0.839 bits per heavy atom. The summed E-state index contributed by atoms with van der Waals surface area (Å²) in [7, 11) is 0. The van der Waals surface area contributed by atoms with E-state index in [9.17, 15) is 0 Å². The third-order valence-corrected chi connectivity index (χ3v) is 30.4. The van der Waals surface area contributed by atoms with Crippen molar-refractivity contribution in [3.8, 4) is 101 Å². The molecule has 0 atom stereocenters. The van der Waals surface area contributed by atoms with Gasteiger partial charge in [-0.2, -0.15) is 0 Å². The summed E-state index contributed by atoms with van der Waals surface area (Å²) in [4.78, 5) is 4.79. The fourth-order valence-electron chi connectivity index (χ4n) is 23.4. The quantitative estimate of drug-likeness (QED) is 0.0967. The normalized spacial score (nSPS) is 12.5. The van der Waals surface area contributed by atoms with Crippen LogP contribution < -0.4 is 9.80 Å². The minimum atomic E-state index is -0.305. The van der Waals surface area contributed by atoms with Gasteiger partial charge < -0.3 is 36.9 Å². The Kier molecular flexibility index (Phi) is 18.3. The van der Waals surface area contributed by atoms with E-state index in [0.29, 0.717) is 0 Å². The monoisotopic (exact) mass is 1820 g/mol. The number of rotatable bonds is 16. The fourth-order valence-corrected chi connectivity index (χ4v) is 23.4. The maximum absolute atomic E-state index is 6.78. The first-order valence-corrected chi connectivity index (χ1v) is 49.2. The molecule has 1 aliphatic carbocycles. The van der Waals surface area contributed by atoms with Crippen molar-refractivity contribution in [2.24, 2.45) is 0 Å². The van der Waals surface area contributed by atoms with Crippen molar-refractivity contribution >= 4 is 165 Å². The lowest BCUT2D eigenvalue weighted by Crippen LogP contribution is -2.16. The topological polar surface area (TPSA) is 52.5 Å². The van der Waals surface area contributed by atoms with Crippen molar-refractivity contribution in [1.29, 1.82) is 0 Å². The third kappa shape index (κ3) is 13.1. The Hall–Kier alpha value is -18.8. The van der Waals surface area contributed by atoms with Gasteiger partial charge in [-0.1, -0.05) is 281 Å². The fraction of sp³-hybridized carbons (Fsp3) is 0.0222. The highest BCUT2D eigenvalue weighted by atomic mass is 16.3. The van der Waals surface area contributed by atoms with Gasteiger partial charge in [0, 0.05) is 127 Å². The molecule has 0 saturated carbocycles. The second-order valence-corrected chi connectivity index (χ2v) is 38.7. The summed E-state index contributed by atoms with van der Waals surface area (Å²) in [5.74, 6) is 0. The Morgan fingerprint density at radius 2 is 0.406 bits per heavy atom. The number of nitrogens with zero attached hydrogens (tertiary/aromatic N) is 6. The summed E-state index contributed by atoms with van der Waals surface area (Å²) in [5, 5.41) is 14.3. The number of hydrogen-bond acceptors (Lipinski definition) is 4. The SMILES string of the molecule is CC1(C)c2cc(-c3ccc4c(c3)c3ccccc3n4-c3ccccc3)ccc2-c2ccc(N(c3ccc(-c4ccc5oc6cc(-c7ccc(-n8c9ccccc9c9cc(-c%10ccc(-c%11ccc(N(c%12ccc(-c%13ccc%14oc%15ccccc%15c%14c%13)cc%12)c%12ccc(-n%13c%14ccccc%14c%14ccccc%14%13)cc%12)cc%11)cc%10)ccc98)cc7)ccc6c5c4)cc3)c3ccc(-n4c5ccccc5c5ccccc54)cc3)cc21. The van der Waals surface area contributed by atoms with Gasteiger partial charge in [-0.15, -0.1) is 0 Å². The second-order valence-electron chi connectivity index (χ2n) is 38.7. The molecule has 6 aromatic heterocycles. The molecule has 0 spiro atoms. The summed E-state index contributed by atoms with van der Waals surface area (Å²) < 4.78 is 22.6. The van der Waals surface area contributed by atoms with E-state index in [1.54, 1.807) is 0 Å². The Balaban J connectivity index is 0.436. The van der Waals surface area contributed by atoms with Crippen molar-refractivity contribution in [3.63, 3.8) is 0 Å². The summed E-state index contributed by atoms with van der Waals surface area (Å²) in [6, 6.07) is 183. The van der Waals surface area contributed by atoms with Crippen LogP contribution >= 0.6 is 0 Å². The number of hydrogen-bond donors (Lipinski definition) is 0. The molecule has 6 heterocycles. The number of aromatic nitrogens is 4. The van der Waals surface area contributed by atoms with Crippen molar-refractivity contribution in [1.82, 2.24) is 18.3 Å². The van der Waals surface area contributed by atoms with Crippen molar-refractivity contribution in [2.75, 3.05) is 9.80 Å². The zero-order valence-electron chi connectivity index (χ0n) is 78.3. The minimum Gasteiger partial charge on any atom is -0.456 e. The summed E-state index contributed by atoms with van der Waals surface area (Å²) in [6.45, 7) is 4.80. The molecule has 0 radical (unpaired) electrons. The van der Waals surface area contributed by atoms with Crippen molar-refractivity contribution in [3.05, 3.63) is 509 Å². The van der Waals surface area contributed by atoms with Crippen LogP contribution in [0.3, 0.4) is 0 Å². The van der Waals surface area contributed by atoms with Gasteiger partial charge in [0.1, 0.15) is 22.3 Å². The first-order valence-electron chi connectivity index (χ1n) is 49.2. The molecule has 29 rings (SSSR count). The molecule has 0 N–H and O–H groups in total. The zero-order valence-corrected chi connectivity index (χ0v) is 78.3. The molecule has 0 saturated heterocycles. The predicted octanol–water partition coefficient (Wildman–Crippen LogP) is 37.1. The number of fused-ring (bicyclic) bond motifs is 21. The zero-order chi connectivity index (χ0) is 94.2. The number of furan rings is 2. The van der Waals surface area contributed by atoms with E-state index in [-0.39, 0.29) is 5.41 Å². The highest BCUT2D eigenvalue weighted by molar-refractivity contribution is 6.15. The predicted molar refractivity (Wildman–Crippen MR) is 598 cm³/mol. The minimum absolute atomic E-state index is 0.305. The summed E-state index contributed by atoms with van der Waals surface area (Å²) >= 11 is 0. The van der Waals surface area contributed by atoms with Gasteiger partial charge in [0.2, 0.25) is 0 Å². The van der Waals surface area contributed by atoms with Gasteiger partial charge in [-0.25, -0.2) is 0 Å². The molecule has 0 fully saturated rings. The van der Waals surface area contributed by atoms with Crippen LogP contribution in [0.4, 0.5) is 34.1 Å². The van der Waals surface area contributed by atoms with E-state index in [0.717, 1.165) is 167 Å². The molecular formula is C135H88N6O2. The van der Waals surface area contributed by atoms with Gasteiger partial charge in [-0.05, 0) is 320 Å². The average Bonchev–Trinajstić information content (AvgIpc) is 1.54. The largest absolute Gasteiger partial charge is 0.456 e. The van der Waals surface area contributed by atoms with Crippen LogP contribution in [0.25, 0.3) is 232 Å². The van der Waals surface area contributed by atoms with Crippen molar-refractivity contribution < 1.29 is 8.83 Å². The molecule has 0 bridgehead atoms. The smallest absolute Gasteiger partial charge is 0.136 e. The van der Waals surface area contributed by atoms with Crippen LogP contribution in [-0.2, 0) is 5.41 Å². The highest BCUT2D eigenvalue weighted by Gasteiger charge is 2.37. The molecule has 0 unspecified atom stereocenters. The van der Waals surface area contributed by atoms with E-state index >= 15 is 0 Å². The third-order valence-electron chi connectivity index (χ3n) is 30.4. The molecule has 1 aliphatic rings. The van der Waals surface area contributed by atoms with Crippen LogP contribution in [0.5, 0.6) is 0 Å². The molecular weight excluding hydrogens is 1740 g/mol. The van der Waals surface area contributed by atoms with E-state index in [2.05, 4.69) is 527 Å². The number of para-hydroxylation sites is 8. The van der Waals surface area contributed by atoms with Crippen molar-refractivity contribution in [2.45, 2.75) is 19.3 Å². The first kappa shape index (κ1) is 81.4. The van der Waals surface area contributed by atoms with Crippen LogP contribution in [0, 0.1) is 0 Å². The molecule has 28 aromatic rings. The lowest BCUT2D eigenvalue weighted by molar-refractivity contribution is 0.660. The van der Waals surface area contributed by atoms with Crippen LogP contribution in [-0.4, -0.2) is 18.3 Å². The van der Waals surface area contributed by atoms with E-state index in [1.165, 1.54) is 110 Å². The summed E-state index contributed by atoms with van der Waals surface area (Å²) in [6.07, 6.45) is 0. The molecule has 8 nitrogen and oxygen atoms in total. The van der Waals surface area contributed by atoms with E-state index in [4.69, 9.17) is 8.83 Å². The van der Waals surface area contributed by atoms with Gasteiger partial charge in [0.05, 0.1) is 44.1 Å². The standard InChI is InChI=1S/C135H88N6O2/c1-135(2)121-82-95(94-51-75-129-118(79-94)114-27-10-17-33-127(114)138(129)97-20-4-3-5-21-97)48-71-107(121)108-73-70-106(84-122(108)135)137(102-64-68-105(69-65-102)140-125-31-15-8-24-111(125)112-25-9-16-32-126(112)140)100-58-44-89(45-59-100)93-53-77-133-120(81-93)116-72-49-96(83-134(116)143-133)90-46-60-103(61-47-90)141-128-34-18-11-26-113(128)117-78-91(50-74-130(117)141)87-38-36-85(37-39-87)86-40-54-98(55-41-86)136(99-56-42-88(43-57-99)92-52-76-132-119(80-92)115-28-12-19-35-131(115)142-132)101-62-66-104(67-63-101)139-123-29-13-6-22-109(123)110-23-7-14-30-124(110)139/h3-84H,1-2H3. The van der Waals surface area contributed by atoms with Crippen LogP contribution in [0.15, 0.2) is 506 Å². The van der Waals surface area contributed by atoms with Gasteiger partial charge in [0.25, 0.3) is 0 Å². The molecule has 0 aliphatic heterocycles. The number of benzene rings is 22. The molecule has 143 heavy (non-hydrogen) atoms. The highest BCUT2D eigenvalue weighted by Crippen LogP contribution is 2.54. The van der Waals surface area contributed by atoms with Crippen LogP contribution in [0.1, 0.15) is 25.0 Å². The Labute approximate surface area is 824 Å². The average molecular weight is 1830 g/mol. The maximum Gasteiger partial charge on any atom is 0.136 e. The van der Waals surface area contributed by atoms with Gasteiger partial charge in [-0.3, -0.25) is 0 Å². The first-order chi connectivity index (χ1) is 70.6. The van der Waals surface area contributed by atoms with Gasteiger partial charge in [0.15, 0.2) is 0 Å². The molecule has 670 valence electrons. The molecule has 8 heteroatoms. The molecule has 0 amide bonds. The Morgan fingerprint density at radius 1 is 0.161 bits per heavy atom. The maximum atomic E-state index is 6.78. The second kappa shape index (κ2) is 32.2. The lowest BCUT2D eigenvalue weighted by atomic mass is 9.81. The van der Waals surface area contributed by atoms with Crippen LogP contribution in [0.2, 0.25) is 0 Å². The summed E-state index contributed by atoms with van der Waals surface area (Å²) in [5.41, 5.74) is 42.4. The lowest BCUT2D eigenvalue weighted by Gasteiger charge is -2.28. The number of anilines is 6. The molecule has 22 aromatic carbocycles. The van der Waals surface area contributed by atoms with Gasteiger partial charge >= 0.3 is 0 Å².